The average Bonchev–Trinajstić information content (AvgIpc) is 3.38. The molecule has 162 valence electrons. The quantitative estimate of drug-likeness (QED) is 0.330. The highest BCUT2D eigenvalue weighted by Crippen LogP contribution is 2.26. The van der Waals surface area contributed by atoms with Crippen LogP contribution in [0.3, 0.4) is 0 Å². The molecule has 0 saturated carbocycles. The fourth-order valence-corrected chi connectivity index (χ4v) is 3.29. The fraction of sp³-hybridized carbons (Fsp3) is 0.130. The standard InChI is InChI=1S/C23H15F2NO6/c1-12(20(27)13-5-7-18(24)19(25)10-13)32-23(30)14-4-6-16-17(9-14)22(29)26(21(16)28)11-15-3-2-8-31-15/h2-10,12H,11H2,1H3/t12-/m1/s1. The van der Waals surface area contributed by atoms with Gasteiger partial charge in [0.2, 0.25) is 5.78 Å². The molecular weight excluding hydrogens is 424 g/mol. The lowest BCUT2D eigenvalue weighted by Crippen LogP contribution is -2.28. The van der Waals surface area contributed by atoms with Crippen LogP contribution in [-0.4, -0.2) is 34.6 Å². The summed E-state index contributed by atoms with van der Waals surface area (Å²) in [6.45, 7) is 1.23. The number of ketones is 1. The van der Waals surface area contributed by atoms with Gasteiger partial charge in [-0.1, -0.05) is 0 Å². The summed E-state index contributed by atoms with van der Waals surface area (Å²) in [5.74, 6) is -4.65. The monoisotopic (exact) mass is 439 g/mol. The first-order valence-corrected chi connectivity index (χ1v) is 9.49. The van der Waals surface area contributed by atoms with Crippen LogP contribution < -0.4 is 0 Å². The van der Waals surface area contributed by atoms with E-state index in [-0.39, 0.29) is 28.8 Å². The van der Waals surface area contributed by atoms with Gasteiger partial charge in [0.1, 0.15) is 5.76 Å². The van der Waals surface area contributed by atoms with Crippen molar-refractivity contribution in [3.8, 4) is 0 Å². The first-order valence-electron chi connectivity index (χ1n) is 9.49. The van der Waals surface area contributed by atoms with Crippen LogP contribution in [0.4, 0.5) is 8.78 Å². The minimum atomic E-state index is -1.30. The molecule has 32 heavy (non-hydrogen) atoms. The third-order valence-corrected chi connectivity index (χ3v) is 4.96. The minimum Gasteiger partial charge on any atom is -0.467 e. The molecule has 2 amide bonds. The van der Waals surface area contributed by atoms with Crippen molar-refractivity contribution in [3.63, 3.8) is 0 Å². The Labute approximate surface area is 180 Å². The predicted molar refractivity (Wildman–Crippen MR) is 105 cm³/mol. The van der Waals surface area contributed by atoms with Crippen molar-refractivity contribution in [3.05, 3.63) is 94.4 Å². The lowest BCUT2D eigenvalue weighted by atomic mass is 10.1. The molecule has 0 bridgehead atoms. The van der Waals surface area contributed by atoms with E-state index < -0.39 is 41.3 Å². The summed E-state index contributed by atoms with van der Waals surface area (Å²) in [6.07, 6.45) is 0.123. The normalized spacial score (nSPS) is 13.8. The summed E-state index contributed by atoms with van der Waals surface area (Å²) in [5.41, 5.74) is -0.0539. The molecule has 0 N–H and O–H groups in total. The van der Waals surface area contributed by atoms with E-state index in [9.17, 15) is 28.0 Å². The molecule has 0 saturated heterocycles. The third kappa shape index (κ3) is 3.80. The number of carbonyl (C=O) groups excluding carboxylic acids is 4. The Morgan fingerprint density at radius 2 is 1.69 bits per heavy atom. The SMILES string of the molecule is C[C@@H](OC(=O)c1ccc2c(c1)C(=O)N(Cc1ccco1)C2=O)C(=O)c1ccc(F)c(F)c1. The van der Waals surface area contributed by atoms with Crippen molar-refractivity contribution >= 4 is 23.6 Å². The van der Waals surface area contributed by atoms with E-state index in [0.717, 1.165) is 23.1 Å². The molecule has 3 aromatic rings. The first-order chi connectivity index (χ1) is 15.3. The second kappa shape index (κ2) is 8.18. The molecule has 0 radical (unpaired) electrons. The summed E-state index contributed by atoms with van der Waals surface area (Å²) in [7, 11) is 0. The molecule has 1 atom stereocenters. The van der Waals surface area contributed by atoms with E-state index in [1.807, 2.05) is 0 Å². The zero-order chi connectivity index (χ0) is 23.0. The molecule has 0 spiro atoms. The zero-order valence-corrected chi connectivity index (χ0v) is 16.6. The summed E-state index contributed by atoms with van der Waals surface area (Å²) < 4.78 is 36.7. The van der Waals surface area contributed by atoms with Crippen molar-refractivity contribution < 1.29 is 37.1 Å². The van der Waals surface area contributed by atoms with Gasteiger partial charge >= 0.3 is 5.97 Å². The van der Waals surface area contributed by atoms with Gasteiger partial charge in [-0.05, 0) is 55.5 Å². The molecule has 7 nitrogen and oxygen atoms in total. The van der Waals surface area contributed by atoms with E-state index in [4.69, 9.17) is 9.15 Å². The number of nitrogens with zero attached hydrogens (tertiary/aromatic N) is 1. The smallest absolute Gasteiger partial charge is 0.338 e. The maximum absolute atomic E-state index is 13.4. The number of fused-ring (bicyclic) bond motifs is 1. The van der Waals surface area contributed by atoms with Crippen molar-refractivity contribution in [1.29, 1.82) is 0 Å². The Balaban J connectivity index is 1.49. The Bertz CT molecular complexity index is 1250. The van der Waals surface area contributed by atoms with Crippen molar-refractivity contribution in [2.24, 2.45) is 0 Å². The van der Waals surface area contributed by atoms with E-state index >= 15 is 0 Å². The molecule has 2 aromatic carbocycles. The highest BCUT2D eigenvalue weighted by Gasteiger charge is 2.36. The maximum Gasteiger partial charge on any atom is 0.338 e. The summed E-state index contributed by atoms with van der Waals surface area (Å²) in [5, 5.41) is 0. The second-order valence-corrected chi connectivity index (χ2v) is 7.08. The number of halogens is 2. The number of ether oxygens (including phenoxy) is 1. The summed E-state index contributed by atoms with van der Waals surface area (Å²) >= 11 is 0. The number of rotatable bonds is 6. The lowest BCUT2D eigenvalue weighted by Gasteiger charge is -2.13. The predicted octanol–water partition coefficient (Wildman–Crippen LogP) is 3.78. The summed E-state index contributed by atoms with van der Waals surface area (Å²) in [6, 6.07) is 9.70. The van der Waals surface area contributed by atoms with Crippen LogP contribution in [-0.2, 0) is 11.3 Å². The molecular formula is C23H15F2NO6. The van der Waals surface area contributed by atoms with Gasteiger partial charge in [0.25, 0.3) is 11.8 Å². The van der Waals surface area contributed by atoms with Gasteiger partial charge in [-0.2, -0.15) is 0 Å². The molecule has 0 aliphatic carbocycles. The number of Topliss-reactive ketones (excluding diaryl/α,β-unsaturated/α-hetero) is 1. The number of hydrogen-bond acceptors (Lipinski definition) is 6. The van der Waals surface area contributed by atoms with E-state index in [1.54, 1.807) is 12.1 Å². The maximum atomic E-state index is 13.4. The fourth-order valence-electron chi connectivity index (χ4n) is 3.29. The van der Waals surface area contributed by atoms with Crippen LogP contribution in [0.2, 0.25) is 0 Å². The van der Waals surface area contributed by atoms with Crippen LogP contribution >= 0.6 is 0 Å². The van der Waals surface area contributed by atoms with Gasteiger partial charge in [-0.3, -0.25) is 19.3 Å². The largest absolute Gasteiger partial charge is 0.467 e. The van der Waals surface area contributed by atoms with E-state index in [2.05, 4.69) is 0 Å². The Morgan fingerprint density at radius 1 is 0.969 bits per heavy atom. The summed E-state index contributed by atoms with van der Waals surface area (Å²) in [4.78, 5) is 51.1. The number of carbonyl (C=O) groups is 4. The molecule has 0 fully saturated rings. The molecule has 9 heteroatoms. The number of imide groups is 1. The topological polar surface area (TPSA) is 93.9 Å². The van der Waals surface area contributed by atoms with E-state index in [0.29, 0.717) is 5.76 Å². The number of hydrogen-bond donors (Lipinski definition) is 0. The van der Waals surface area contributed by atoms with Crippen LogP contribution in [0.15, 0.2) is 59.2 Å². The second-order valence-electron chi connectivity index (χ2n) is 7.08. The Morgan fingerprint density at radius 3 is 2.38 bits per heavy atom. The first kappa shape index (κ1) is 21.1. The van der Waals surface area contributed by atoms with Crippen LogP contribution in [0.5, 0.6) is 0 Å². The highest BCUT2D eigenvalue weighted by molar-refractivity contribution is 6.21. The van der Waals surface area contributed by atoms with Gasteiger partial charge < -0.3 is 9.15 Å². The van der Waals surface area contributed by atoms with Crippen LogP contribution in [0.25, 0.3) is 0 Å². The van der Waals surface area contributed by atoms with Gasteiger partial charge in [0, 0.05) is 5.56 Å². The van der Waals surface area contributed by atoms with Crippen molar-refractivity contribution in [2.75, 3.05) is 0 Å². The Kier molecular flexibility index (Phi) is 5.40. The van der Waals surface area contributed by atoms with Crippen LogP contribution in [0, 0.1) is 11.6 Å². The Hall–Kier alpha value is -4.14. The third-order valence-electron chi connectivity index (χ3n) is 4.96. The van der Waals surface area contributed by atoms with Crippen molar-refractivity contribution in [1.82, 2.24) is 4.90 Å². The molecule has 1 aliphatic heterocycles. The lowest BCUT2D eigenvalue weighted by molar-refractivity contribution is 0.0318. The number of esters is 1. The number of benzene rings is 2. The van der Waals surface area contributed by atoms with Gasteiger partial charge in [-0.15, -0.1) is 0 Å². The molecule has 0 unspecified atom stereocenters. The molecule has 4 rings (SSSR count). The van der Waals surface area contributed by atoms with Gasteiger partial charge in [0.05, 0.1) is 29.5 Å². The minimum absolute atomic E-state index is 0.0237. The molecule has 1 aromatic heterocycles. The number of furan rings is 1. The van der Waals surface area contributed by atoms with Gasteiger partial charge in [0.15, 0.2) is 17.7 Å². The van der Waals surface area contributed by atoms with Crippen molar-refractivity contribution in [2.45, 2.75) is 19.6 Å². The van der Waals surface area contributed by atoms with Gasteiger partial charge in [-0.25, -0.2) is 13.6 Å². The molecule has 1 aliphatic rings. The highest BCUT2D eigenvalue weighted by atomic mass is 19.2. The van der Waals surface area contributed by atoms with Crippen LogP contribution in [0.1, 0.15) is 54.1 Å². The zero-order valence-electron chi connectivity index (χ0n) is 16.6. The average molecular weight is 439 g/mol. The number of amides is 2. The molecule has 2 heterocycles. The van der Waals surface area contributed by atoms with E-state index in [1.165, 1.54) is 31.4 Å².